The van der Waals surface area contributed by atoms with Crippen molar-refractivity contribution in [2.45, 2.75) is 0 Å². The molecular weight excluding hydrogens is 376 g/mol. The van der Waals surface area contributed by atoms with Gasteiger partial charge in [0.2, 0.25) is 0 Å². The molecule has 146 valence electrons. The molecule has 0 unspecified atom stereocenters. The summed E-state index contributed by atoms with van der Waals surface area (Å²) in [5.41, 5.74) is 1.33. The Labute approximate surface area is 165 Å². The second-order valence-electron chi connectivity index (χ2n) is 6.71. The molecule has 0 atom stereocenters. The number of nitrogens with one attached hydrogen (secondary N) is 1. The summed E-state index contributed by atoms with van der Waals surface area (Å²) in [7, 11) is 0. The maximum absolute atomic E-state index is 14.6. The number of fused-ring (bicyclic) bond motifs is 1. The van der Waals surface area contributed by atoms with Gasteiger partial charge in [0.25, 0.3) is 0 Å². The molecule has 1 aromatic carbocycles. The van der Waals surface area contributed by atoms with Gasteiger partial charge in [0.15, 0.2) is 11.5 Å². The van der Waals surface area contributed by atoms with Crippen molar-refractivity contribution in [1.29, 1.82) is 0 Å². The van der Waals surface area contributed by atoms with Gasteiger partial charge in [-0.15, -0.1) is 0 Å². The lowest BCUT2D eigenvalue weighted by atomic mass is 10.2. The van der Waals surface area contributed by atoms with E-state index < -0.39 is 11.6 Å². The van der Waals surface area contributed by atoms with E-state index in [-0.39, 0.29) is 5.56 Å². The fraction of sp³-hybridized carbons (Fsp3) is 0.200. The van der Waals surface area contributed by atoms with Crippen molar-refractivity contribution in [3.8, 4) is 17.2 Å². The van der Waals surface area contributed by atoms with Crippen molar-refractivity contribution in [1.82, 2.24) is 29.8 Å². The third-order valence-corrected chi connectivity index (χ3v) is 4.90. The number of hydrogen-bond donors (Lipinski definition) is 1. The summed E-state index contributed by atoms with van der Waals surface area (Å²) in [5.74, 6) is 0.292. The average molecular weight is 393 g/mol. The SMILES string of the molecule is Fc1ccc(-c2nc3ccc(N4CCNCC4)nc3n2-c2ccncn2)c(F)c1. The summed E-state index contributed by atoms with van der Waals surface area (Å²) < 4.78 is 29.7. The normalized spacial score (nSPS) is 14.5. The van der Waals surface area contributed by atoms with Crippen molar-refractivity contribution in [2.75, 3.05) is 31.1 Å². The number of anilines is 1. The van der Waals surface area contributed by atoms with Gasteiger partial charge in [-0.2, -0.15) is 0 Å². The molecular formula is C20H17F2N7. The van der Waals surface area contributed by atoms with Gasteiger partial charge in [0, 0.05) is 38.4 Å². The van der Waals surface area contributed by atoms with Gasteiger partial charge < -0.3 is 10.2 Å². The van der Waals surface area contributed by atoms with Crippen LogP contribution in [0.1, 0.15) is 0 Å². The molecule has 7 nitrogen and oxygen atoms in total. The first-order valence-electron chi connectivity index (χ1n) is 9.28. The fourth-order valence-corrected chi connectivity index (χ4v) is 3.50. The monoisotopic (exact) mass is 393 g/mol. The van der Waals surface area contributed by atoms with Gasteiger partial charge in [0.05, 0.1) is 5.56 Å². The molecule has 1 aliphatic rings. The van der Waals surface area contributed by atoms with E-state index in [0.717, 1.165) is 38.1 Å². The topological polar surface area (TPSA) is 71.8 Å². The zero-order valence-electron chi connectivity index (χ0n) is 15.4. The highest BCUT2D eigenvalue weighted by atomic mass is 19.1. The van der Waals surface area contributed by atoms with Crippen molar-refractivity contribution in [3.63, 3.8) is 0 Å². The van der Waals surface area contributed by atoms with Gasteiger partial charge in [0.1, 0.15) is 35.1 Å². The molecule has 4 heterocycles. The maximum atomic E-state index is 14.6. The molecule has 0 bridgehead atoms. The molecule has 0 aliphatic carbocycles. The minimum absolute atomic E-state index is 0.173. The van der Waals surface area contributed by atoms with Crippen LogP contribution in [0.5, 0.6) is 0 Å². The maximum Gasteiger partial charge on any atom is 0.168 e. The van der Waals surface area contributed by atoms with Crippen LogP contribution in [-0.4, -0.2) is 50.7 Å². The minimum atomic E-state index is -0.696. The molecule has 0 radical (unpaired) electrons. The molecule has 1 fully saturated rings. The van der Waals surface area contributed by atoms with Gasteiger partial charge in [-0.3, -0.25) is 4.57 Å². The van der Waals surface area contributed by atoms with E-state index in [1.807, 2.05) is 12.1 Å². The van der Waals surface area contributed by atoms with Crippen molar-refractivity contribution >= 4 is 17.0 Å². The first kappa shape index (κ1) is 17.6. The highest BCUT2D eigenvalue weighted by molar-refractivity contribution is 5.81. The number of aromatic nitrogens is 5. The van der Waals surface area contributed by atoms with E-state index in [1.165, 1.54) is 18.5 Å². The molecule has 1 saturated heterocycles. The van der Waals surface area contributed by atoms with E-state index >= 15 is 0 Å². The summed E-state index contributed by atoms with van der Waals surface area (Å²) in [5, 5.41) is 3.32. The molecule has 1 N–H and O–H groups in total. The molecule has 9 heteroatoms. The average Bonchev–Trinajstić information content (AvgIpc) is 3.13. The number of imidazole rings is 1. The minimum Gasteiger partial charge on any atom is -0.354 e. The number of benzene rings is 1. The lowest BCUT2D eigenvalue weighted by Crippen LogP contribution is -2.43. The molecule has 0 amide bonds. The third kappa shape index (κ3) is 3.19. The second kappa shape index (κ2) is 7.17. The fourth-order valence-electron chi connectivity index (χ4n) is 3.50. The summed E-state index contributed by atoms with van der Waals surface area (Å²) in [4.78, 5) is 19.8. The Morgan fingerprint density at radius 1 is 0.931 bits per heavy atom. The van der Waals surface area contributed by atoms with Crippen molar-refractivity contribution < 1.29 is 8.78 Å². The summed E-state index contributed by atoms with van der Waals surface area (Å²) in [6.07, 6.45) is 3.01. The van der Waals surface area contributed by atoms with Crippen LogP contribution in [-0.2, 0) is 0 Å². The van der Waals surface area contributed by atoms with Crippen LogP contribution >= 0.6 is 0 Å². The molecule has 5 rings (SSSR count). The van der Waals surface area contributed by atoms with Crippen molar-refractivity contribution in [3.05, 3.63) is 60.6 Å². The van der Waals surface area contributed by atoms with Gasteiger partial charge in [-0.05, 0) is 30.3 Å². The number of piperazine rings is 1. The molecule has 0 saturated carbocycles. The molecule has 3 aromatic heterocycles. The predicted molar refractivity (Wildman–Crippen MR) is 105 cm³/mol. The summed E-state index contributed by atoms with van der Waals surface area (Å²) in [6, 6.07) is 8.91. The standard InChI is InChI=1S/C20H17F2N7/c21-13-1-2-14(15(22)11-13)19-26-16-3-4-18(28-9-7-23-8-10-28)27-20(16)29(19)17-5-6-24-12-25-17/h1-6,11-12,23H,7-10H2. The van der Waals surface area contributed by atoms with Crippen LogP contribution in [0, 0.1) is 11.6 Å². The third-order valence-electron chi connectivity index (χ3n) is 4.90. The van der Waals surface area contributed by atoms with E-state index in [2.05, 4.69) is 25.2 Å². The number of halogens is 2. The van der Waals surface area contributed by atoms with Crippen LogP contribution in [0.25, 0.3) is 28.4 Å². The van der Waals surface area contributed by atoms with Gasteiger partial charge in [-0.1, -0.05) is 0 Å². The lowest BCUT2D eigenvalue weighted by molar-refractivity contribution is 0.584. The van der Waals surface area contributed by atoms with Crippen LogP contribution in [0.4, 0.5) is 14.6 Å². The predicted octanol–water partition coefficient (Wildman–Crippen LogP) is 2.57. The number of pyridine rings is 1. The summed E-state index contributed by atoms with van der Waals surface area (Å²) >= 11 is 0. The van der Waals surface area contributed by atoms with Gasteiger partial charge in [-0.25, -0.2) is 28.7 Å². The van der Waals surface area contributed by atoms with Crippen molar-refractivity contribution in [2.24, 2.45) is 0 Å². The molecule has 29 heavy (non-hydrogen) atoms. The smallest absolute Gasteiger partial charge is 0.168 e. The van der Waals surface area contributed by atoms with Crippen LogP contribution in [0.15, 0.2) is 48.9 Å². The molecule has 1 aliphatic heterocycles. The highest BCUT2D eigenvalue weighted by Gasteiger charge is 2.21. The number of nitrogens with zero attached hydrogens (tertiary/aromatic N) is 6. The number of hydrogen-bond acceptors (Lipinski definition) is 6. The quantitative estimate of drug-likeness (QED) is 0.577. The van der Waals surface area contributed by atoms with E-state index in [4.69, 9.17) is 4.98 Å². The van der Waals surface area contributed by atoms with E-state index in [9.17, 15) is 8.78 Å². The summed E-state index contributed by atoms with van der Waals surface area (Å²) in [6.45, 7) is 3.47. The zero-order valence-corrected chi connectivity index (χ0v) is 15.4. The first-order valence-corrected chi connectivity index (χ1v) is 9.28. The molecule has 0 spiro atoms. The Morgan fingerprint density at radius 3 is 2.55 bits per heavy atom. The van der Waals surface area contributed by atoms with E-state index in [0.29, 0.717) is 22.8 Å². The van der Waals surface area contributed by atoms with Crippen LogP contribution in [0.2, 0.25) is 0 Å². The Bertz CT molecular complexity index is 1170. The van der Waals surface area contributed by atoms with Crippen LogP contribution in [0.3, 0.4) is 0 Å². The molecule has 4 aromatic rings. The Morgan fingerprint density at radius 2 is 1.79 bits per heavy atom. The highest BCUT2D eigenvalue weighted by Crippen LogP contribution is 2.30. The Balaban J connectivity index is 1.74. The number of rotatable bonds is 3. The second-order valence-corrected chi connectivity index (χ2v) is 6.71. The Kier molecular flexibility index (Phi) is 4.36. The largest absolute Gasteiger partial charge is 0.354 e. The zero-order chi connectivity index (χ0) is 19.8. The van der Waals surface area contributed by atoms with E-state index in [1.54, 1.807) is 16.8 Å². The Hall–Kier alpha value is -3.46. The lowest BCUT2D eigenvalue weighted by Gasteiger charge is -2.28. The van der Waals surface area contributed by atoms with Gasteiger partial charge >= 0.3 is 0 Å². The first-order chi connectivity index (χ1) is 14.2. The van der Waals surface area contributed by atoms with Crippen LogP contribution < -0.4 is 10.2 Å².